The molecule has 1 aromatic heterocycles. The zero-order valence-corrected chi connectivity index (χ0v) is 36.6. The molecule has 3 nitrogen and oxygen atoms in total. The maximum absolute atomic E-state index is 6.74. The fourth-order valence-corrected chi connectivity index (χ4v) is 10.4. The smallest absolute Gasteiger partial charge is 0.159 e. The van der Waals surface area contributed by atoms with Crippen LogP contribution in [0.2, 0.25) is 0 Å². The van der Waals surface area contributed by atoms with Crippen molar-refractivity contribution in [1.29, 1.82) is 0 Å². The van der Waals surface area contributed by atoms with Crippen molar-refractivity contribution in [3.63, 3.8) is 0 Å². The standard InChI is InChI=1S/C64H42N2O/c1-4-19-43(20-5-1)49-25-12-15-31-59(49)65(46-23-8-3-9-24-46)48-37-40-53-56-38-35-45-41-47(36-39-51(45)63(56)55-29-11-10-27-52(55)58(53)42-48)66(60-32-16-13-26-50(60)44-21-6-2-7-22-44)61-33-18-30-57-54-28-14-17-34-62(54)67-64(57)61/h1-42H. The first-order chi connectivity index (χ1) is 33.3. The molecule has 0 radical (unpaired) electrons. The summed E-state index contributed by atoms with van der Waals surface area (Å²) in [5, 5.41) is 12.0. The van der Waals surface area contributed by atoms with E-state index in [2.05, 4.69) is 259 Å². The molecule has 0 aliphatic heterocycles. The number of benzene rings is 12. The molecule has 67 heavy (non-hydrogen) atoms. The molecule has 0 aliphatic rings. The second-order valence-electron chi connectivity index (χ2n) is 17.2. The van der Waals surface area contributed by atoms with Gasteiger partial charge in [-0.2, -0.15) is 0 Å². The van der Waals surface area contributed by atoms with Crippen molar-refractivity contribution in [2.24, 2.45) is 0 Å². The van der Waals surface area contributed by atoms with Crippen LogP contribution in [0.4, 0.5) is 34.1 Å². The molecule has 0 unspecified atom stereocenters. The summed E-state index contributed by atoms with van der Waals surface area (Å²) in [5.41, 5.74) is 12.8. The van der Waals surface area contributed by atoms with E-state index in [4.69, 9.17) is 4.42 Å². The number of nitrogens with zero attached hydrogens (tertiary/aromatic N) is 2. The highest BCUT2D eigenvalue weighted by Gasteiger charge is 2.24. The minimum Gasteiger partial charge on any atom is -0.454 e. The highest BCUT2D eigenvalue weighted by molar-refractivity contribution is 6.32. The van der Waals surface area contributed by atoms with E-state index in [1.165, 1.54) is 48.8 Å². The molecule has 0 aliphatic carbocycles. The molecule has 0 bridgehead atoms. The summed E-state index contributed by atoms with van der Waals surface area (Å²) >= 11 is 0. The molecular weight excluding hydrogens is 813 g/mol. The van der Waals surface area contributed by atoms with Crippen LogP contribution in [0, 0.1) is 0 Å². The van der Waals surface area contributed by atoms with E-state index in [0.29, 0.717) is 0 Å². The maximum Gasteiger partial charge on any atom is 0.159 e. The topological polar surface area (TPSA) is 19.6 Å². The first kappa shape index (κ1) is 38.5. The van der Waals surface area contributed by atoms with Gasteiger partial charge in [0, 0.05) is 39.0 Å². The molecule has 13 rings (SSSR count). The fourth-order valence-electron chi connectivity index (χ4n) is 10.4. The molecule has 13 aromatic rings. The van der Waals surface area contributed by atoms with E-state index in [0.717, 1.165) is 72.6 Å². The number of fused-ring (bicyclic) bond motifs is 11. The molecule has 0 spiro atoms. The van der Waals surface area contributed by atoms with Crippen molar-refractivity contribution < 1.29 is 4.42 Å². The van der Waals surface area contributed by atoms with Gasteiger partial charge in [-0.1, -0.05) is 194 Å². The van der Waals surface area contributed by atoms with Crippen LogP contribution < -0.4 is 9.80 Å². The summed E-state index contributed by atoms with van der Waals surface area (Å²) in [5.74, 6) is 0. The van der Waals surface area contributed by atoms with Gasteiger partial charge in [0.2, 0.25) is 0 Å². The van der Waals surface area contributed by atoms with Crippen LogP contribution in [0.25, 0.3) is 87.3 Å². The third-order valence-corrected chi connectivity index (χ3v) is 13.4. The number of para-hydroxylation sites is 5. The van der Waals surface area contributed by atoms with Crippen LogP contribution in [-0.2, 0) is 0 Å². The molecule has 314 valence electrons. The van der Waals surface area contributed by atoms with Gasteiger partial charge < -0.3 is 14.2 Å². The molecule has 0 N–H and O–H groups in total. The number of rotatable bonds is 8. The quantitative estimate of drug-likeness (QED) is 0.142. The highest BCUT2D eigenvalue weighted by Crippen LogP contribution is 2.48. The Labute approximate surface area is 388 Å². The molecule has 0 amide bonds. The van der Waals surface area contributed by atoms with Crippen LogP contribution in [0.5, 0.6) is 0 Å². The molecule has 0 saturated carbocycles. The Morgan fingerprint density at radius 2 is 0.761 bits per heavy atom. The zero-order chi connectivity index (χ0) is 44.3. The largest absolute Gasteiger partial charge is 0.454 e. The molecule has 0 atom stereocenters. The maximum atomic E-state index is 6.74. The first-order valence-electron chi connectivity index (χ1n) is 22.9. The summed E-state index contributed by atoms with van der Waals surface area (Å²) in [6.07, 6.45) is 0. The van der Waals surface area contributed by atoms with Gasteiger partial charge in [-0.15, -0.1) is 0 Å². The summed E-state index contributed by atoms with van der Waals surface area (Å²) in [7, 11) is 0. The van der Waals surface area contributed by atoms with E-state index in [1.807, 2.05) is 6.07 Å². The number of hydrogen-bond acceptors (Lipinski definition) is 3. The minimum atomic E-state index is 0.858. The summed E-state index contributed by atoms with van der Waals surface area (Å²) < 4.78 is 6.74. The fraction of sp³-hybridized carbons (Fsp3) is 0. The van der Waals surface area contributed by atoms with Crippen molar-refractivity contribution in [3.8, 4) is 22.3 Å². The Hall–Kier alpha value is -8.92. The van der Waals surface area contributed by atoms with Crippen molar-refractivity contribution in [1.82, 2.24) is 0 Å². The lowest BCUT2D eigenvalue weighted by Crippen LogP contribution is -2.11. The second-order valence-corrected chi connectivity index (χ2v) is 17.2. The Bertz CT molecular complexity index is 3970. The second kappa shape index (κ2) is 16.0. The number of furan rings is 1. The minimum absolute atomic E-state index is 0.858. The van der Waals surface area contributed by atoms with E-state index in [1.54, 1.807) is 0 Å². The summed E-state index contributed by atoms with van der Waals surface area (Å²) in [4.78, 5) is 4.78. The zero-order valence-electron chi connectivity index (χ0n) is 36.6. The lowest BCUT2D eigenvalue weighted by molar-refractivity contribution is 0.669. The van der Waals surface area contributed by atoms with Gasteiger partial charge in [0.1, 0.15) is 5.58 Å². The third kappa shape index (κ3) is 6.43. The van der Waals surface area contributed by atoms with Crippen LogP contribution in [-0.4, -0.2) is 0 Å². The Morgan fingerprint density at radius 1 is 0.269 bits per heavy atom. The first-order valence-corrected chi connectivity index (χ1v) is 22.9. The van der Waals surface area contributed by atoms with Crippen LogP contribution >= 0.6 is 0 Å². The highest BCUT2D eigenvalue weighted by atomic mass is 16.3. The normalized spacial score (nSPS) is 11.6. The van der Waals surface area contributed by atoms with E-state index in [9.17, 15) is 0 Å². The predicted molar refractivity (Wildman–Crippen MR) is 284 cm³/mol. The molecular formula is C64H42N2O. The van der Waals surface area contributed by atoms with Gasteiger partial charge in [-0.05, 0) is 115 Å². The van der Waals surface area contributed by atoms with Crippen molar-refractivity contribution >= 4 is 99.2 Å². The van der Waals surface area contributed by atoms with Crippen molar-refractivity contribution in [2.45, 2.75) is 0 Å². The predicted octanol–water partition coefficient (Wildman–Crippen LogP) is 18.5. The third-order valence-electron chi connectivity index (χ3n) is 13.4. The summed E-state index contributed by atoms with van der Waals surface area (Å²) in [6.45, 7) is 0. The average molecular weight is 855 g/mol. The molecule has 1 heterocycles. The summed E-state index contributed by atoms with van der Waals surface area (Å²) in [6, 6.07) is 91.8. The molecule has 0 saturated heterocycles. The number of hydrogen-bond donors (Lipinski definition) is 0. The van der Waals surface area contributed by atoms with E-state index < -0.39 is 0 Å². The van der Waals surface area contributed by atoms with Gasteiger partial charge in [0.05, 0.1) is 17.1 Å². The van der Waals surface area contributed by atoms with Gasteiger partial charge in [-0.3, -0.25) is 0 Å². The monoisotopic (exact) mass is 854 g/mol. The van der Waals surface area contributed by atoms with Crippen molar-refractivity contribution in [2.75, 3.05) is 9.80 Å². The SMILES string of the molecule is c1ccc(-c2ccccc2N(c2ccccc2)c2ccc3c(c2)c2ccccc2c2c4ccc(N(c5ccccc5-c5ccccc5)c5cccc6c5oc5ccccc56)cc4ccc32)cc1. The average Bonchev–Trinajstić information content (AvgIpc) is 3.79. The molecule has 3 heteroatoms. The van der Waals surface area contributed by atoms with Gasteiger partial charge in [0.25, 0.3) is 0 Å². The Kier molecular flexibility index (Phi) is 9.17. The van der Waals surface area contributed by atoms with Gasteiger partial charge >= 0.3 is 0 Å². The number of anilines is 6. The lowest BCUT2D eigenvalue weighted by Gasteiger charge is -2.28. The van der Waals surface area contributed by atoms with Gasteiger partial charge in [-0.25, -0.2) is 0 Å². The Morgan fingerprint density at radius 3 is 1.48 bits per heavy atom. The molecule has 0 fully saturated rings. The lowest BCUT2D eigenvalue weighted by atomic mass is 9.90. The molecule has 12 aromatic carbocycles. The van der Waals surface area contributed by atoms with Crippen LogP contribution in [0.15, 0.2) is 259 Å². The van der Waals surface area contributed by atoms with Crippen molar-refractivity contribution in [3.05, 3.63) is 255 Å². The van der Waals surface area contributed by atoms with Gasteiger partial charge in [0.15, 0.2) is 5.58 Å². The van der Waals surface area contributed by atoms with Crippen LogP contribution in [0.3, 0.4) is 0 Å². The Balaban J connectivity index is 1.02. The van der Waals surface area contributed by atoms with E-state index in [-0.39, 0.29) is 0 Å². The van der Waals surface area contributed by atoms with Crippen LogP contribution in [0.1, 0.15) is 0 Å². The van der Waals surface area contributed by atoms with E-state index >= 15 is 0 Å².